The zero-order valence-electron chi connectivity index (χ0n) is 7.30. The van der Waals surface area contributed by atoms with Crippen molar-refractivity contribution in [1.82, 2.24) is 0 Å². The Morgan fingerprint density at radius 3 is 2.31 bits per heavy atom. The average Bonchev–Trinajstić information content (AvgIpc) is 2.04. The van der Waals surface area contributed by atoms with E-state index in [1.54, 1.807) is 31.2 Å². The molecule has 0 saturated heterocycles. The summed E-state index contributed by atoms with van der Waals surface area (Å²) in [5.74, 6) is 0.139. The molecule has 1 rings (SSSR count). The molecule has 0 saturated carbocycles. The lowest BCUT2D eigenvalue weighted by atomic mass is 10.1. The first-order valence-electron chi connectivity index (χ1n) is 3.94. The van der Waals surface area contributed by atoms with E-state index in [-0.39, 0.29) is 5.75 Å². The zero-order valence-corrected chi connectivity index (χ0v) is 8.12. The van der Waals surface area contributed by atoms with Crippen LogP contribution in [0.5, 0.6) is 0 Å². The maximum absolute atomic E-state index is 10.4. The Labute approximate surface area is 79.7 Å². The summed E-state index contributed by atoms with van der Waals surface area (Å²) in [5.41, 5.74) is 1.61. The summed E-state index contributed by atoms with van der Waals surface area (Å²) in [6, 6.07) is 7.01. The van der Waals surface area contributed by atoms with E-state index in [4.69, 9.17) is 4.55 Å². The van der Waals surface area contributed by atoms with Gasteiger partial charge in [0.05, 0.1) is 11.9 Å². The Morgan fingerprint density at radius 2 is 1.92 bits per heavy atom. The first kappa shape index (κ1) is 10.4. The Morgan fingerprint density at radius 1 is 1.38 bits per heavy atom. The number of aliphatic hydroxyl groups is 1. The quantitative estimate of drug-likeness (QED) is 0.726. The third kappa shape index (κ3) is 3.26. The monoisotopic (exact) mass is 200 g/mol. The number of aliphatic hydroxyl groups excluding tert-OH is 1. The van der Waals surface area contributed by atoms with Crippen LogP contribution in [0.3, 0.4) is 0 Å². The molecule has 0 bridgehead atoms. The second-order valence-corrected chi connectivity index (χ2v) is 3.82. The third-order valence-corrected chi connectivity index (χ3v) is 2.33. The number of hydrogen-bond acceptors (Lipinski definition) is 2. The van der Waals surface area contributed by atoms with E-state index in [1.807, 2.05) is 0 Å². The minimum atomic E-state index is -1.80. The number of hydrogen-bond donors (Lipinski definition) is 2. The normalized spacial score (nSPS) is 15.3. The Hall–Kier alpha value is -0.710. The van der Waals surface area contributed by atoms with Crippen LogP contribution in [-0.2, 0) is 16.8 Å². The molecule has 72 valence electrons. The van der Waals surface area contributed by atoms with Crippen molar-refractivity contribution in [3.8, 4) is 0 Å². The molecule has 0 fully saturated rings. The van der Waals surface area contributed by atoms with Crippen LogP contribution >= 0.6 is 0 Å². The van der Waals surface area contributed by atoms with E-state index in [2.05, 4.69) is 0 Å². The van der Waals surface area contributed by atoms with Crippen LogP contribution in [0.2, 0.25) is 0 Å². The van der Waals surface area contributed by atoms with Crippen molar-refractivity contribution in [1.29, 1.82) is 0 Å². The van der Waals surface area contributed by atoms with Crippen molar-refractivity contribution in [3.05, 3.63) is 35.4 Å². The van der Waals surface area contributed by atoms with Gasteiger partial charge in [-0.2, -0.15) is 0 Å². The molecule has 0 aliphatic heterocycles. The van der Waals surface area contributed by atoms with Gasteiger partial charge in [-0.15, -0.1) is 0 Å². The highest BCUT2D eigenvalue weighted by Gasteiger charge is 2.01. The lowest BCUT2D eigenvalue weighted by Crippen LogP contribution is -1.95. The van der Waals surface area contributed by atoms with Gasteiger partial charge in [0.1, 0.15) is 0 Å². The molecule has 3 nitrogen and oxygen atoms in total. The number of benzene rings is 1. The van der Waals surface area contributed by atoms with Crippen molar-refractivity contribution in [2.45, 2.75) is 18.8 Å². The van der Waals surface area contributed by atoms with Crippen LogP contribution in [0, 0.1) is 0 Å². The Kier molecular flexibility index (Phi) is 3.59. The van der Waals surface area contributed by atoms with Gasteiger partial charge in [0, 0.05) is 0 Å². The molecule has 0 aliphatic rings. The van der Waals surface area contributed by atoms with Gasteiger partial charge < -0.3 is 9.66 Å². The smallest absolute Gasteiger partial charge is 0.157 e. The SMILES string of the molecule is C[C@@H](O)c1ccc(CS(=O)O)cc1. The fourth-order valence-electron chi connectivity index (χ4n) is 1.03. The van der Waals surface area contributed by atoms with Crippen LogP contribution in [0.15, 0.2) is 24.3 Å². The highest BCUT2D eigenvalue weighted by Crippen LogP contribution is 2.13. The molecule has 0 aromatic heterocycles. The van der Waals surface area contributed by atoms with Gasteiger partial charge in [-0.1, -0.05) is 24.3 Å². The lowest BCUT2D eigenvalue weighted by molar-refractivity contribution is 0.199. The number of rotatable bonds is 3. The van der Waals surface area contributed by atoms with Gasteiger partial charge in [-0.3, -0.25) is 0 Å². The maximum atomic E-state index is 10.4. The molecular formula is C9H12O3S. The molecule has 1 aromatic carbocycles. The predicted octanol–water partition coefficient (Wildman–Crippen LogP) is 1.46. The van der Waals surface area contributed by atoms with E-state index >= 15 is 0 Å². The fourth-order valence-corrected chi connectivity index (χ4v) is 1.51. The molecule has 2 N–H and O–H groups in total. The van der Waals surface area contributed by atoms with Gasteiger partial charge in [0.15, 0.2) is 11.1 Å². The fraction of sp³-hybridized carbons (Fsp3) is 0.333. The summed E-state index contributed by atoms with van der Waals surface area (Å²) in [5, 5.41) is 9.19. The van der Waals surface area contributed by atoms with Gasteiger partial charge in [-0.25, -0.2) is 4.21 Å². The van der Waals surface area contributed by atoms with Crippen LogP contribution in [0.4, 0.5) is 0 Å². The van der Waals surface area contributed by atoms with Gasteiger partial charge >= 0.3 is 0 Å². The molecule has 2 atom stereocenters. The minimum absolute atomic E-state index is 0.139. The molecule has 0 heterocycles. The minimum Gasteiger partial charge on any atom is -0.389 e. The largest absolute Gasteiger partial charge is 0.389 e. The summed E-state index contributed by atoms with van der Waals surface area (Å²) in [7, 11) is 0. The summed E-state index contributed by atoms with van der Waals surface area (Å²) < 4.78 is 19.1. The molecule has 0 amide bonds. The lowest BCUT2D eigenvalue weighted by Gasteiger charge is -2.04. The first-order chi connectivity index (χ1) is 6.09. The Bertz CT molecular complexity index is 292. The zero-order chi connectivity index (χ0) is 9.84. The molecule has 1 aromatic rings. The van der Waals surface area contributed by atoms with Crippen LogP contribution in [0.25, 0.3) is 0 Å². The van der Waals surface area contributed by atoms with E-state index in [1.165, 1.54) is 0 Å². The summed E-state index contributed by atoms with van der Waals surface area (Å²) in [6.45, 7) is 1.68. The highest BCUT2D eigenvalue weighted by atomic mass is 32.2. The molecule has 4 heteroatoms. The van der Waals surface area contributed by atoms with E-state index in [0.29, 0.717) is 0 Å². The van der Waals surface area contributed by atoms with Gasteiger partial charge in [-0.05, 0) is 18.1 Å². The van der Waals surface area contributed by atoms with Crippen molar-refractivity contribution >= 4 is 11.1 Å². The van der Waals surface area contributed by atoms with Crippen LogP contribution in [-0.4, -0.2) is 13.9 Å². The van der Waals surface area contributed by atoms with Crippen molar-refractivity contribution in [2.24, 2.45) is 0 Å². The van der Waals surface area contributed by atoms with Gasteiger partial charge in [0.2, 0.25) is 0 Å². The summed E-state index contributed by atoms with van der Waals surface area (Å²) in [6.07, 6.45) is -0.492. The first-order valence-corrected chi connectivity index (χ1v) is 5.21. The van der Waals surface area contributed by atoms with Gasteiger partial charge in [0.25, 0.3) is 0 Å². The summed E-state index contributed by atoms with van der Waals surface area (Å²) in [4.78, 5) is 0. The highest BCUT2D eigenvalue weighted by molar-refractivity contribution is 7.78. The second-order valence-electron chi connectivity index (χ2n) is 2.88. The predicted molar refractivity (Wildman–Crippen MR) is 51.6 cm³/mol. The van der Waals surface area contributed by atoms with E-state index in [0.717, 1.165) is 11.1 Å². The molecule has 1 unspecified atom stereocenters. The third-order valence-electron chi connectivity index (χ3n) is 1.75. The molecule has 0 radical (unpaired) electrons. The van der Waals surface area contributed by atoms with Crippen molar-refractivity contribution < 1.29 is 13.9 Å². The topological polar surface area (TPSA) is 57.5 Å². The molecule has 0 spiro atoms. The van der Waals surface area contributed by atoms with Crippen molar-refractivity contribution in [3.63, 3.8) is 0 Å². The van der Waals surface area contributed by atoms with Crippen LogP contribution in [0.1, 0.15) is 24.2 Å². The van der Waals surface area contributed by atoms with Crippen LogP contribution < -0.4 is 0 Å². The van der Waals surface area contributed by atoms with E-state index in [9.17, 15) is 9.32 Å². The van der Waals surface area contributed by atoms with E-state index < -0.39 is 17.2 Å². The maximum Gasteiger partial charge on any atom is 0.157 e. The molecule has 0 aliphatic carbocycles. The standard InChI is InChI=1S/C9H12O3S/c1-7(10)9-4-2-8(3-5-9)6-13(11)12/h2-5,7,10H,6H2,1H3,(H,11,12)/t7-/m1/s1. The second kappa shape index (κ2) is 4.50. The molecule has 13 heavy (non-hydrogen) atoms. The van der Waals surface area contributed by atoms with Crippen molar-refractivity contribution in [2.75, 3.05) is 0 Å². The summed E-state index contributed by atoms with van der Waals surface area (Å²) >= 11 is -1.80. The Balaban J connectivity index is 2.75. The average molecular weight is 200 g/mol. The molecular weight excluding hydrogens is 188 g/mol.